The second-order valence-corrected chi connectivity index (χ2v) is 9.59. The Morgan fingerprint density at radius 3 is 2.43 bits per heavy atom. The van der Waals surface area contributed by atoms with Gasteiger partial charge >= 0.3 is 5.69 Å². The molecular weight excluding hydrogens is 436 g/mol. The van der Waals surface area contributed by atoms with Crippen LogP contribution in [0.25, 0.3) is 33.9 Å². The third-order valence-corrected chi connectivity index (χ3v) is 6.30. The van der Waals surface area contributed by atoms with Gasteiger partial charge in [-0.05, 0) is 37.8 Å². The minimum Gasteiger partial charge on any atom is -0.328 e. The van der Waals surface area contributed by atoms with Gasteiger partial charge in [0.05, 0.1) is 18.4 Å². The maximum Gasteiger partial charge on any atom is 0.328 e. The van der Waals surface area contributed by atoms with E-state index in [2.05, 4.69) is 66.6 Å². The number of hydrogen-bond acceptors (Lipinski definition) is 4. The van der Waals surface area contributed by atoms with Crippen LogP contribution in [0.1, 0.15) is 56.5 Å². The summed E-state index contributed by atoms with van der Waals surface area (Å²) in [7, 11) is 0. The van der Waals surface area contributed by atoms with Crippen molar-refractivity contribution < 1.29 is 0 Å². The van der Waals surface area contributed by atoms with E-state index in [1.807, 2.05) is 37.3 Å². The Morgan fingerprint density at radius 1 is 0.971 bits per heavy atom. The topological polar surface area (TPSA) is 81.4 Å². The fourth-order valence-electron chi connectivity index (χ4n) is 4.49. The number of aromatic nitrogens is 6. The van der Waals surface area contributed by atoms with Gasteiger partial charge in [0.15, 0.2) is 11.5 Å². The van der Waals surface area contributed by atoms with Gasteiger partial charge in [-0.15, -0.1) is 0 Å². The van der Waals surface area contributed by atoms with Gasteiger partial charge in [0.1, 0.15) is 11.3 Å². The Kier molecular flexibility index (Phi) is 5.84. The van der Waals surface area contributed by atoms with Crippen molar-refractivity contribution in [2.24, 2.45) is 0 Å². The van der Waals surface area contributed by atoms with Crippen molar-refractivity contribution >= 4 is 11.2 Å². The lowest BCUT2D eigenvalue weighted by Gasteiger charge is -2.12. The molecule has 2 aromatic carbocycles. The molecule has 5 aromatic rings. The van der Waals surface area contributed by atoms with Crippen molar-refractivity contribution in [1.82, 2.24) is 29.1 Å². The van der Waals surface area contributed by atoms with Crippen molar-refractivity contribution in [2.75, 3.05) is 0 Å². The molecule has 0 atom stereocenters. The van der Waals surface area contributed by atoms with Gasteiger partial charge in [0.25, 0.3) is 0 Å². The van der Waals surface area contributed by atoms with Crippen molar-refractivity contribution in [3.63, 3.8) is 0 Å². The number of fused-ring (bicyclic) bond motifs is 1. The number of aryl methyl sites for hydroxylation is 1. The van der Waals surface area contributed by atoms with Crippen molar-refractivity contribution in [3.05, 3.63) is 88.2 Å². The number of hydrogen-bond donors (Lipinski definition) is 1. The summed E-state index contributed by atoms with van der Waals surface area (Å²) < 4.78 is 3.86. The number of benzene rings is 2. The van der Waals surface area contributed by atoms with Crippen LogP contribution >= 0.6 is 0 Å². The number of imidazole rings is 2. The third-order valence-electron chi connectivity index (χ3n) is 6.30. The van der Waals surface area contributed by atoms with Gasteiger partial charge in [-0.25, -0.2) is 19.7 Å². The van der Waals surface area contributed by atoms with Crippen molar-refractivity contribution in [3.8, 4) is 22.8 Å². The van der Waals surface area contributed by atoms with Gasteiger partial charge in [-0.3, -0.25) is 4.57 Å². The van der Waals surface area contributed by atoms with E-state index in [-0.39, 0.29) is 5.69 Å². The normalized spacial score (nSPS) is 11.7. The Balaban J connectivity index is 1.50. The van der Waals surface area contributed by atoms with Gasteiger partial charge in [0.2, 0.25) is 0 Å². The average molecular weight is 467 g/mol. The summed E-state index contributed by atoms with van der Waals surface area (Å²) in [5.41, 5.74) is 6.28. The SMILES string of the molecule is Cc1cn(C(C)C)c(-c2ccc(Cn3c(=O)[nH]c4cnc(-c5ccccc5C(C)C)nc43)cc2)n1. The minimum atomic E-state index is -0.196. The number of aromatic amines is 1. The molecule has 0 amide bonds. The van der Waals surface area contributed by atoms with Crippen LogP contribution in [0.4, 0.5) is 0 Å². The van der Waals surface area contributed by atoms with Gasteiger partial charge in [-0.1, -0.05) is 62.4 Å². The Bertz CT molecular complexity index is 1550. The van der Waals surface area contributed by atoms with Crippen LogP contribution in [-0.4, -0.2) is 29.1 Å². The van der Waals surface area contributed by atoms with E-state index < -0.39 is 0 Å². The van der Waals surface area contributed by atoms with Gasteiger partial charge in [-0.2, -0.15) is 0 Å². The molecule has 7 nitrogen and oxygen atoms in total. The highest BCUT2D eigenvalue weighted by atomic mass is 16.1. The summed E-state index contributed by atoms with van der Waals surface area (Å²) in [5, 5.41) is 0. The molecule has 0 saturated carbocycles. The molecule has 0 radical (unpaired) electrons. The van der Waals surface area contributed by atoms with Crippen LogP contribution in [0, 0.1) is 6.92 Å². The van der Waals surface area contributed by atoms with Crippen LogP contribution in [-0.2, 0) is 6.54 Å². The maximum atomic E-state index is 12.8. The van der Waals surface area contributed by atoms with Crippen LogP contribution in [0.5, 0.6) is 0 Å². The molecule has 0 spiro atoms. The second-order valence-electron chi connectivity index (χ2n) is 9.59. The molecule has 0 fully saturated rings. The number of rotatable bonds is 6. The maximum absolute atomic E-state index is 12.8. The largest absolute Gasteiger partial charge is 0.328 e. The standard InChI is InChI=1S/C28H30N6O/c1-17(2)22-8-6-7-9-23(22)25-29-14-24-27(32-25)34(28(35)31-24)16-20-10-12-21(13-11-20)26-30-19(5)15-33(26)18(3)4/h6-15,17-18H,16H2,1-5H3,(H,31,35). The molecular formula is C28H30N6O. The number of nitrogens with zero attached hydrogens (tertiary/aromatic N) is 5. The van der Waals surface area contributed by atoms with Crippen LogP contribution in [0.2, 0.25) is 0 Å². The molecule has 1 N–H and O–H groups in total. The first-order valence-corrected chi connectivity index (χ1v) is 12.0. The molecule has 0 aliphatic rings. The molecule has 3 heterocycles. The first-order valence-electron chi connectivity index (χ1n) is 12.0. The fraction of sp³-hybridized carbons (Fsp3) is 0.286. The summed E-state index contributed by atoms with van der Waals surface area (Å²) in [4.78, 5) is 29.8. The van der Waals surface area contributed by atoms with Gasteiger partial charge < -0.3 is 9.55 Å². The quantitative estimate of drug-likeness (QED) is 0.347. The molecule has 3 aromatic heterocycles. The fourth-order valence-corrected chi connectivity index (χ4v) is 4.49. The van der Waals surface area contributed by atoms with E-state index in [9.17, 15) is 4.79 Å². The molecule has 0 aliphatic carbocycles. The zero-order valence-electron chi connectivity index (χ0n) is 20.8. The molecule has 178 valence electrons. The van der Waals surface area contributed by atoms with Gasteiger partial charge in [0, 0.05) is 23.4 Å². The lowest BCUT2D eigenvalue weighted by atomic mass is 9.97. The highest BCUT2D eigenvalue weighted by molar-refractivity contribution is 5.74. The van der Waals surface area contributed by atoms with E-state index in [0.29, 0.717) is 35.5 Å². The summed E-state index contributed by atoms with van der Waals surface area (Å²) in [6.45, 7) is 11.0. The van der Waals surface area contributed by atoms with Crippen LogP contribution < -0.4 is 5.69 Å². The predicted molar refractivity (Wildman–Crippen MR) is 140 cm³/mol. The Hall–Kier alpha value is -4.00. The molecule has 0 aliphatic heterocycles. The van der Waals surface area contributed by atoms with E-state index in [0.717, 1.165) is 28.2 Å². The van der Waals surface area contributed by atoms with Crippen LogP contribution in [0.15, 0.2) is 65.7 Å². The minimum absolute atomic E-state index is 0.196. The molecule has 35 heavy (non-hydrogen) atoms. The Labute approximate surface area is 204 Å². The van der Waals surface area contributed by atoms with E-state index in [1.165, 1.54) is 5.56 Å². The van der Waals surface area contributed by atoms with Crippen molar-refractivity contribution in [1.29, 1.82) is 0 Å². The molecule has 7 heteroatoms. The van der Waals surface area contributed by atoms with Crippen molar-refractivity contribution in [2.45, 2.75) is 53.1 Å². The highest BCUT2D eigenvalue weighted by Crippen LogP contribution is 2.27. The smallest absolute Gasteiger partial charge is 0.328 e. The third kappa shape index (κ3) is 4.30. The predicted octanol–water partition coefficient (Wildman–Crippen LogP) is 5.71. The van der Waals surface area contributed by atoms with E-state index in [1.54, 1.807) is 10.8 Å². The zero-order valence-corrected chi connectivity index (χ0v) is 20.8. The average Bonchev–Trinajstić information content (AvgIpc) is 3.39. The zero-order chi connectivity index (χ0) is 24.7. The second kappa shape index (κ2) is 8.98. The summed E-state index contributed by atoms with van der Waals surface area (Å²) in [5.74, 6) is 1.92. The molecule has 0 unspecified atom stereocenters. The highest BCUT2D eigenvalue weighted by Gasteiger charge is 2.15. The van der Waals surface area contributed by atoms with E-state index in [4.69, 9.17) is 9.97 Å². The lowest BCUT2D eigenvalue weighted by Crippen LogP contribution is -2.17. The summed E-state index contributed by atoms with van der Waals surface area (Å²) in [6.07, 6.45) is 3.78. The molecule has 0 bridgehead atoms. The van der Waals surface area contributed by atoms with E-state index >= 15 is 0 Å². The lowest BCUT2D eigenvalue weighted by molar-refractivity contribution is 0.606. The van der Waals surface area contributed by atoms with Crippen LogP contribution in [0.3, 0.4) is 0 Å². The first kappa shape index (κ1) is 22.8. The molecule has 0 saturated heterocycles. The number of H-pyrrole nitrogens is 1. The Morgan fingerprint density at radius 2 is 1.71 bits per heavy atom. The molecule has 5 rings (SSSR count). The monoisotopic (exact) mass is 466 g/mol. The first-order chi connectivity index (χ1) is 16.8. The summed E-state index contributed by atoms with van der Waals surface area (Å²) in [6, 6.07) is 16.7. The summed E-state index contributed by atoms with van der Waals surface area (Å²) >= 11 is 0. The number of nitrogens with one attached hydrogen (secondary N) is 1.